The van der Waals surface area contributed by atoms with Crippen LogP contribution in [0.15, 0.2) is 12.3 Å². The minimum absolute atomic E-state index is 0.273. The molecule has 0 spiro atoms. The first-order chi connectivity index (χ1) is 9.11. The molecular weight excluding hydrogens is 248 g/mol. The summed E-state index contributed by atoms with van der Waals surface area (Å²) >= 11 is 0. The normalized spacial score (nSPS) is 21.5. The molecule has 1 saturated heterocycles. The third kappa shape index (κ3) is 3.41. The zero-order valence-corrected chi connectivity index (χ0v) is 11.5. The lowest BCUT2D eigenvalue weighted by Gasteiger charge is -2.36. The molecule has 1 aliphatic rings. The highest BCUT2D eigenvalue weighted by molar-refractivity contribution is 5.40. The predicted molar refractivity (Wildman–Crippen MR) is 72.2 cm³/mol. The summed E-state index contributed by atoms with van der Waals surface area (Å²) in [6, 6.07) is 1.30. The monoisotopic (exact) mass is 269 g/mol. The molecule has 1 fully saturated rings. The predicted octanol–water partition coefficient (Wildman–Crippen LogP) is 2.57. The van der Waals surface area contributed by atoms with Gasteiger partial charge in [-0.1, -0.05) is 6.92 Å². The molecule has 5 heteroatoms. The number of hydrogen-bond donors (Lipinski definition) is 1. The van der Waals surface area contributed by atoms with Gasteiger partial charge in [0.15, 0.2) is 11.6 Å². The van der Waals surface area contributed by atoms with Gasteiger partial charge < -0.3 is 10.2 Å². The average Bonchev–Trinajstić information content (AvgIpc) is 2.39. The molecule has 2 unspecified atom stereocenters. The van der Waals surface area contributed by atoms with Crippen LogP contribution >= 0.6 is 0 Å². The van der Waals surface area contributed by atoms with Crippen molar-refractivity contribution in [2.75, 3.05) is 24.5 Å². The molecule has 1 aromatic heterocycles. The number of rotatable bonds is 4. The van der Waals surface area contributed by atoms with Crippen molar-refractivity contribution in [1.82, 2.24) is 10.3 Å². The van der Waals surface area contributed by atoms with Crippen LogP contribution in [-0.2, 0) is 0 Å². The standard InChI is InChI=1S/C14H21F2N3/c1-3-17-10(2)11-5-4-6-19(9-11)14-13(16)7-12(15)8-18-14/h7-8,10-11,17H,3-6,9H2,1-2H3. The Morgan fingerprint density at radius 2 is 2.32 bits per heavy atom. The fourth-order valence-corrected chi connectivity index (χ4v) is 2.74. The maximum absolute atomic E-state index is 13.8. The number of pyridine rings is 1. The van der Waals surface area contributed by atoms with Gasteiger partial charge in [0.05, 0.1) is 6.20 Å². The zero-order valence-electron chi connectivity index (χ0n) is 11.5. The molecular formula is C14H21F2N3. The molecule has 0 saturated carbocycles. The minimum atomic E-state index is -0.629. The Bertz CT molecular complexity index is 425. The van der Waals surface area contributed by atoms with Gasteiger partial charge in [-0.15, -0.1) is 0 Å². The molecule has 0 aliphatic carbocycles. The maximum atomic E-state index is 13.8. The van der Waals surface area contributed by atoms with Crippen molar-refractivity contribution < 1.29 is 8.78 Å². The van der Waals surface area contributed by atoms with Gasteiger partial charge in [-0.3, -0.25) is 0 Å². The van der Waals surface area contributed by atoms with Gasteiger partial charge in [0.25, 0.3) is 0 Å². The van der Waals surface area contributed by atoms with Crippen LogP contribution in [0.4, 0.5) is 14.6 Å². The smallest absolute Gasteiger partial charge is 0.168 e. The van der Waals surface area contributed by atoms with E-state index in [0.717, 1.165) is 44.7 Å². The van der Waals surface area contributed by atoms with Crippen LogP contribution in [0.25, 0.3) is 0 Å². The lowest BCUT2D eigenvalue weighted by atomic mass is 9.91. The fourth-order valence-electron chi connectivity index (χ4n) is 2.74. The van der Waals surface area contributed by atoms with Gasteiger partial charge in [-0.25, -0.2) is 13.8 Å². The Morgan fingerprint density at radius 3 is 3.00 bits per heavy atom. The first-order valence-electron chi connectivity index (χ1n) is 6.91. The Balaban J connectivity index is 2.08. The summed E-state index contributed by atoms with van der Waals surface area (Å²) in [6.07, 6.45) is 3.22. The molecule has 2 heterocycles. The number of nitrogens with one attached hydrogen (secondary N) is 1. The van der Waals surface area contributed by atoms with Crippen molar-refractivity contribution >= 4 is 5.82 Å². The van der Waals surface area contributed by atoms with E-state index >= 15 is 0 Å². The van der Waals surface area contributed by atoms with E-state index in [1.54, 1.807) is 0 Å². The van der Waals surface area contributed by atoms with Crippen molar-refractivity contribution in [3.05, 3.63) is 23.9 Å². The van der Waals surface area contributed by atoms with Crippen molar-refractivity contribution in [1.29, 1.82) is 0 Å². The van der Waals surface area contributed by atoms with Crippen molar-refractivity contribution in [3.8, 4) is 0 Å². The first-order valence-corrected chi connectivity index (χ1v) is 6.91. The molecule has 1 aliphatic heterocycles. The summed E-state index contributed by atoms with van der Waals surface area (Å²) in [6.45, 7) is 6.72. The van der Waals surface area contributed by atoms with Gasteiger partial charge in [-0.2, -0.15) is 0 Å². The lowest BCUT2D eigenvalue weighted by Crippen LogP contribution is -2.45. The largest absolute Gasteiger partial charge is 0.354 e. The highest BCUT2D eigenvalue weighted by Crippen LogP contribution is 2.25. The third-order valence-electron chi connectivity index (χ3n) is 3.78. The van der Waals surface area contributed by atoms with Crippen molar-refractivity contribution in [2.45, 2.75) is 32.7 Å². The summed E-state index contributed by atoms with van der Waals surface area (Å²) in [5, 5.41) is 3.41. The number of piperidine rings is 1. The summed E-state index contributed by atoms with van der Waals surface area (Å²) in [5.74, 6) is -0.456. The zero-order chi connectivity index (χ0) is 13.8. The summed E-state index contributed by atoms with van der Waals surface area (Å²) < 4.78 is 26.6. The average molecular weight is 269 g/mol. The van der Waals surface area contributed by atoms with Crippen LogP contribution in [0.2, 0.25) is 0 Å². The van der Waals surface area contributed by atoms with E-state index in [2.05, 4.69) is 24.1 Å². The van der Waals surface area contributed by atoms with E-state index in [0.29, 0.717) is 12.0 Å². The van der Waals surface area contributed by atoms with E-state index in [4.69, 9.17) is 0 Å². The second kappa shape index (κ2) is 6.28. The van der Waals surface area contributed by atoms with E-state index in [9.17, 15) is 8.78 Å². The fraction of sp³-hybridized carbons (Fsp3) is 0.643. The molecule has 1 aromatic rings. The highest BCUT2D eigenvalue weighted by atomic mass is 19.1. The van der Waals surface area contributed by atoms with Crippen molar-refractivity contribution in [3.63, 3.8) is 0 Å². The van der Waals surface area contributed by atoms with E-state index in [1.165, 1.54) is 0 Å². The summed E-state index contributed by atoms with van der Waals surface area (Å²) in [4.78, 5) is 5.82. The number of anilines is 1. The SMILES string of the molecule is CCNC(C)C1CCCN(c2ncc(F)cc2F)C1. The van der Waals surface area contributed by atoms with E-state index in [1.807, 2.05) is 4.90 Å². The van der Waals surface area contributed by atoms with Gasteiger partial charge in [0, 0.05) is 25.2 Å². The van der Waals surface area contributed by atoms with Gasteiger partial charge in [-0.05, 0) is 32.2 Å². The van der Waals surface area contributed by atoms with Gasteiger partial charge >= 0.3 is 0 Å². The molecule has 0 amide bonds. The van der Waals surface area contributed by atoms with Crippen LogP contribution in [0.3, 0.4) is 0 Å². The second-order valence-corrected chi connectivity index (χ2v) is 5.15. The third-order valence-corrected chi connectivity index (χ3v) is 3.78. The Morgan fingerprint density at radius 1 is 1.53 bits per heavy atom. The summed E-state index contributed by atoms with van der Waals surface area (Å²) in [5.41, 5.74) is 0. The minimum Gasteiger partial charge on any atom is -0.354 e. The molecule has 2 rings (SSSR count). The van der Waals surface area contributed by atoms with Crippen molar-refractivity contribution in [2.24, 2.45) is 5.92 Å². The lowest BCUT2D eigenvalue weighted by molar-refractivity contribution is 0.322. The van der Waals surface area contributed by atoms with Crippen LogP contribution in [0, 0.1) is 17.6 Å². The quantitative estimate of drug-likeness (QED) is 0.910. The number of nitrogens with zero attached hydrogens (tertiary/aromatic N) is 2. The number of hydrogen-bond acceptors (Lipinski definition) is 3. The van der Waals surface area contributed by atoms with Crippen LogP contribution < -0.4 is 10.2 Å². The van der Waals surface area contributed by atoms with Crippen LogP contribution in [0.5, 0.6) is 0 Å². The van der Waals surface area contributed by atoms with Gasteiger partial charge in [0.1, 0.15) is 5.82 Å². The molecule has 3 nitrogen and oxygen atoms in total. The Labute approximate surface area is 113 Å². The molecule has 19 heavy (non-hydrogen) atoms. The number of halogens is 2. The maximum Gasteiger partial charge on any atom is 0.168 e. The molecule has 106 valence electrons. The van der Waals surface area contributed by atoms with Crippen LogP contribution in [-0.4, -0.2) is 30.7 Å². The Kier molecular flexibility index (Phi) is 4.69. The highest BCUT2D eigenvalue weighted by Gasteiger charge is 2.26. The Hall–Kier alpha value is -1.23. The number of aromatic nitrogens is 1. The first kappa shape index (κ1) is 14.2. The molecule has 0 aromatic carbocycles. The summed E-state index contributed by atoms with van der Waals surface area (Å²) in [7, 11) is 0. The van der Waals surface area contributed by atoms with E-state index in [-0.39, 0.29) is 5.82 Å². The van der Waals surface area contributed by atoms with Gasteiger partial charge in [0.2, 0.25) is 0 Å². The van der Waals surface area contributed by atoms with Crippen LogP contribution in [0.1, 0.15) is 26.7 Å². The second-order valence-electron chi connectivity index (χ2n) is 5.15. The molecule has 0 bridgehead atoms. The topological polar surface area (TPSA) is 28.2 Å². The molecule has 2 atom stereocenters. The van der Waals surface area contributed by atoms with E-state index < -0.39 is 11.6 Å². The molecule has 1 N–H and O–H groups in total. The molecule has 0 radical (unpaired) electrons.